The van der Waals surface area contributed by atoms with E-state index in [2.05, 4.69) is 6.92 Å². The molecule has 0 aromatic heterocycles. The molecule has 0 bridgehead atoms. The van der Waals surface area contributed by atoms with E-state index in [-0.39, 0.29) is 0 Å². The Kier molecular flexibility index (Phi) is 3.22. The minimum atomic E-state index is 0.314. The molecule has 1 aliphatic heterocycles. The van der Waals surface area contributed by atoms with Crippen molar-refractivity contribution in [2.75, 3.05) is 13.2 Å². The van der Waals surface area contributed by atoms with E-state index in [1.54, 1.807) is 0 Å². The van der Waals surface area contributed by atoms with Gasteiger partial charge in [-0.25, -0.2) is 0 Å². The summed E-state index contributed by atoms with van der Waals surface area (Å²) in [5.74, 6) is 1.86. The Morgan fingerprint density at radius 3 is 2.43 bits per heavy atom. The summed E-state index contributed by atoms with van der Waals surface area (Å²) in [6.07, 6.45) is 5.56. The lowest BCUT2D eigenvalue weighted by Crippen LogP contribution is -2.30. The van der Waals surface area contributed by atoms with E-state index in [0.717, 1.165) is 32.5 Å². The van der Waals surface area contributed by atoms with Crippen LogP contribution in [0.4, 0.5) is 0 Å². The zero-order valence-electron chi connectivity index (χ0n) is 9.00. The number of carbonyl (C=O) groups excluding carboxylic acids is 1. The normalized spacial score (nSPS) is 34.6. The fraction of sp³-hybridized carbons (Fsp3) is 0.917. The summed E-state index contributed by atoms with van der Waals surface area (Å²) in [6, 6.07) is 0. The molecule has 0 amide bonds. The van der Waals surface area contributed by atoms with Gasteiger partial charge in [-0.3, -0.25) is 4.79 Å². The first-order valence-electron chi connectivity index (χ1n) is 5.90. The van der Waals surface area contributed by atoms with Crippen molar-refractivity contribution < 1.29 is 9.53 Å². The lowest BCUT2D eigenvalue weighted by atomic mass is 9.83. The molecule has 1 saturated heterocycles. The quantitative estimate of drug-likeness (QED) is 0.678. The minimum absolute atomic E-state index is 0.314. The van der Waals surface area contributed by atoms with Crippen LogP contribution in [0.1, 0.15) is 39.0 Å². The maximum Gasteiger partial charge on any atom is 0.139 e. The van der Waals surface area contributed by atoms with Crippen molar-refractivity contribution in [3.63, 3.8) is 0 Å². The van der Waals surface area contributed by atoms with E-state index in [1.165, 1.54) is 12.8 Å². The first kappa shape index (κ1) is 10.2. The topological polar surface area (TPSA) is 26.3 Å². The molecule has 2 heteroatoms. The van der Waals surface area contributed by atoms with E-state index < -0.39 is 0 Å². The van der Waals surface area contributed by atoms with Crippen LogP contribution in [0.2, 0.25) is 0 Å². The molecule has 2 fully saturated rings. The van der Waals surface area contributed by atoms with Crippen molar-refractivity contribution in [3.8, 4) is 0 Å². The summed E-state index contributed by atoms with van der Waals surface area (Å²) >= 11 is 0. The van der Waals surface area contributed by atoms with Gasteiger partial charge in [0.25, 0.3) is 0 Å². The minimum Gasteiger partial charge on any atom is -0.381 e. The third kappa shape index (κ3) is 2.00. The monoisotopic (exact) mass is 196 g/mol. The van der Waals surface area contributed by atoms with Gasteiger partial charge >= 0.3 is 0 Å². The van der Waals surface area contributed by atoms with Crippen LogP contribution >= 0.6 is 0 Å². The van der Waals surface area contributed by atoms with Crippen LogP contribution in [-0.2, 0) is 9.53 Å². The summed E-state index contributed by atoms with van der Waals surface area (Å²) in [4.78, 5) is 12.2. The molecule has 1 aliphatic carbocycles. The van der Waals surface area contributed by atoms with Crippen LogP contribution in [0.5, 0.6) is 0 Å². The predicted octanol–water partition coefficient (Wildman–Crippen LogP) is 2.42. The Bertz CT molecular complexity index is 206. The van der Waals surface area contributed by atoms with Gasteiger partial charge in [-0.05, 0) is 31.6 Å². The van der Waals surface area contributed by atoms with Crippen molar-refractivity contribution in [1.29, 1.82) is 0 Å². The Balaban J connectivity index is 1.92. The zero-order valence-corrected chi connectivity index (χ0v) is 9.00. The van der Waals surface area contributed by atoms with Gasteiger partial charge in [-0.1, -0.05) is 13.3 Å². The molecule has 2 atom stereocenters. The van der Waals surface area contributed by atoms with E-state index >= 15 is 0 Å². The molecule has 80 valence electrons. The van der Waals surface area contributed by atoms with Crippen molar-refractivity contribution in [1.82, 2.24) is 0 Å². The third-order valence-corrected chi connectivity index (χ3v) is 3.85. The standard InChI is InChI=1S/C12H20O2/c1-9-3-2-4-11(9)12(13)10-5-7-14-8-6-10/h9-11H,2-8H2,1H3. The molecule has 0 N–H and O–H groups in total. The Morgan fingerprint density at radius 1 is 1.14 bits per heavy atom. The summed E-state index contributed by atoms with van der Waals surface area (Å²) in [5.41, 5.74) is 0. The SMILES string of the molecule is CC1CCCC1C(=O)C1CCOCC1. The lowest BCUT2D eigenvalue weighted by Gasteiger charge is -2.25. The highest BCUT2D eigenvalue weighted by molar-refractivity contribution is 5.84. The summed E-state index contributed by atoms with van der Waals surface area (Å²) in [7, 11) is 0. The highest BCUT2D eigenvalue weighted by Crippen LogP contribution is 2.35. The second-order valence-electron chi connectivity index (χ2n) is 4.80. The molecule has 0 radical (unpaired) electrons. The number of Topliss-reactive ketones (excluding diaryl/α,β-unsaturated/α-hetero) is 1. The highest BCUT2D eigenvalue weighted by atomic mass is 16.5. The molecule has 0 aromatic carbocycles. The fourth-order valence-electron chi connectivity index (χ4n) is 2.85. The van der Waals surface area contributed by atoms with Gasteiger partial charge in [0, 0.05) is 25.0 Å². The lowest BCUT2D eigenvalue weighted by molar-refractivity contribution is -0.130. The molecule has 2 unspecified atom stereocenters. The van der Waals surface area contributed by atoms with Crippen LogP contribution in [0.25, 0.3) is 0 Å². The summed E-state index contributed by atoms with van der Waals surface area (Å²) in [5, 5.41) is 0. The largest absolute Gasteiger partial charge is 0.381 e. The van der Waals surface area contributed by atoms with Crippen LogP contribution < -0.4 is 0 Å². The molecule has 1 heterocycles. The molecule has 2 aliphatic rings. The number of carbonyl (C=O) groups is 1. The molecular weight excluding hydrogens is 176 g/mol. The number of ketones is 1. The molecule has 1 saturated carbocycles. The van der Waals surface area contributed by atoms with Crippen molar-refractivity contribution in [2.24, 2.45) is 17.8 Å². The van der Waals surface area contributed by atoms with Crippen LogP contribution in [0.15, 0.2) is 0 Å². The van der Waals surface area contributed by atoms with Crippen LogP contribution in [0, 0.1) is 17.8 Å². The Hall–Kier alpha value is -0.370. The van der Waals surface area contributed by atoms with Gasteiger partial charge in [-0.15, -0.1) is 0 Å². The highest BCUT2D eigenvalue weighted by Gasteiger charge is 2.34. The average molecular weight is 196 g/mol. The average Bonchev–Trinajstić information content (AvgIpc) is 2.65. The van der Waals surface area contributed by atoms with E-state index in [9.17, 15) is 4.79 Å². The Morgan fingerprint density at radius 2 is 1.86 bits per heavy atom. The first-order valence-corrected chi connectivity index (χ1v) is 5.90. The first-order chi connectivity index (χ1) is 6.79. The van der Waals surface area contributed by atoms with Gasteiger partial charge in [0.15, 0.2) is 0 Å². The number of rotatable bonds is 2. The smallest absolute Gasteiger partial charge is 0.139 e. The maximum atomic E-state index is 12.2. The van der Waals surface area contributed by atoms with Gasteiger partial charge in [0.05, 0.1) is 0 Å². The molecule has 0 aromatic rings. The van der Waals surface area contributed by atoms with Gasteiger partial charge in [0.1, 0.15) is 5.78 Å². The summed E-state index contributed by atoms with van der Waals surface area (Å²) < 4.78 is 5.29. The summed E-state index contributed by atoms with van der Waals surface area (Å²) in [6.45, 7) is 3.81. The molecule has 14 heavy (non-hydrogen) atoms. The second-order valence-corrected chi connectivity index (χ2v) is 4.80. The maximum absolute atomic E-state index is 12.2. The number of hydrogen-bond acceptors (Lipinski definition) is 2. The van der Waals surface area contributed by atoms with Gasteiger partial charge < -0.3 is 4.74 Å². The van der Waals surface area contributed by atoms with E-state index in [0.29, 0.717) is 23.5 Å². The third-order valence-electron chi connectivity index (χ3n) is 3.85. The molecular formula is C12H20O2. The molecule has 0 spiro atoms. The van der Waals surface area contributed by atoms with E-state index in [4.69, 9.17) is 4.74 Å². The van der Waals surface area contributed by atoms with E-state index in [1.807, 2.05) is 0 Å². The second kappa shape index (κ2) is 4.43. The van der Waals surface area contributed by atoms with Crippen molar-refractivity contribution in [3.05, 3.63) is 0 Å². The van der Waals surface area contributed by atoms with Crippen molar-refractivity contribution >= 4 is 5.78 Å². The zero-order chi connectivity index (χ0) is 9.97. The molecule has 2 nitrogen and oxygen atoms in total. The van der Waals surface area contributed by atoms with Crippen molar-refractivity contribution in [2.45, 2.75) is 39.0 Å². The fourth-order valence-corrected chi connectivity index (χ4v) is 2.85. The van der Waals surface area contributed by atoms with Gasteiger partial charge in [-0.2, -0.15) is 0 Å². The van der Waals surface area contributed by atoms with Gasteiger partial charge in [0.2, 0.25) is 0 Å². The number of ether oxygens (including phenoxy) is 1. The Labute approximate surface area is 86.0 Å². The predicted molar refractivity (Wildman–Crippen MR) is 55.1 cm³/mol. The van der Waals surface area contributed by atoms with Crippen LogP contribution in [0.3, 0.4) is 0 Å². The van der Waals surface area contributed by atoms with Crippen LogP contribution in [-0.4, -0.2) is 19.0 Å². The number of hydrogen-bond donors (Lipinski definition) is 0. The molecule has 2 rings (SSSR count).